The van der Waals surface area contributed by atoms with Gasteiger partial charge in [-0.15, -0.1) is 0 Å². The Morgan fingerprint density at radius 1 is 1.24 bits per heavy atom. The van der Waals surface area contributed by atoms with Crippen molar-refractivity contribution in [2.45, 2.75) is 25.2 Å². The number of carbonyl (C=O) groups is 1. The summed E-state index contributed by atoms with van der Waals surface area (Å²) in [5.41, 5.74) is 3.49. The number of para-hydroxylation sites is 1. The molecule has 1 aliphatic rings. The van der Waals surface area contributed by atoms with E-state index in [2.05, 4.69) is 38.7 Å². The van der Waals surface area contributed by atoms with Gasteiger partial charge in [0.1, 0.15) is 6.07 Å². The molecule has 1 heterocycles. The molecule has 3 rings (SSSR count). The summed E-state index contributed by atoms with van der Waals surface area (Å²) in [5.74, 6) is 0.420. The van der Waals surface area contributed by atoms with Crippen molar-refractivity contribution in [2.75, 3.05) is 18.4 Å². The van der Waals surface area contributed by atoms with E-state index in [1.807, 2.05) is 30.3 Å². The molecule has 0 aromatic heterocycles. The zero-order valence-corrected chi connectivity index (χ0v) is 15.5. The molecular formula is C20H20BrN3O. The molecule has 2 aromatic carbocycles. The molecule has 0 bridgehead atoms. The molecular weight excluding hydrogens is 378 g/mol. The SMILES string of the molecule is N#Cc1cc(CC(=O)Nc2ccccc2C2CCNCC2)ccc1Br. The average molecular weight is 398 g/mol. The maximum absolute atomic E-state index is 12.5. The van der Waals surface area contributed by atoms with Crippen LogP contribution in [0.2, 0.25) is 0 Å². The minimum atomic E-state index is -0.0624. The van der Waals surface area contributed by atoms with Crippen LogP contribution < -0.4 is 10.6 Å². The Morgan fingerprint density at radius 2 is 2.00 bits per heavy atom. The van der Waals surface area contributed by atoms with Crippen LogP contribution in [0, 0.1) is 11.3 Å². The quantitative estimate of drug-likeness (QED) is 0.819. The Hall–Kier alpha value is -2.16. The number of nitriles is 1. The predicted octanol–water partition coefficient (Wildman–Crippen LogP) is 3.97. The lowest BCUT2D eigenvalue weighted by Crippen LogP contribution is -2.27. The highest BCUT2D eigenvalue weighted by Gasteiger charge is 2.19. The number of hydrogen-bond donors (Lipinski definition) is 2. The predicted molar refractivity (Wildman–Crippen MR) is 102 cm³/mol. The number of nitrogens with zero attached hydrogens (tertiary/aromatic N) is 1. The minimum Gasteiger partial charge on any atom is -0.326 e. The summed E-state index contributed by atoms with van der Waals surface area (Å²) in [4.78, 5) is 12.5. The van der Waals surface area contributed by atoms with Crippen molar-refractivity contribution in [1.29, 1.82) is 5.26 Å². The number of anilines is 1. The molecule has 0 saturated carbocycles. The first-order valence-electron chi connectivity index (χ1n) is 8.45. The second kappa shape index (κ2) is 8.28. The number of piperidine rings is 1. The van der Waals surface area contributed by atoms with Crippen molar-refractivity contribution >= 4 is 27.5 Å². The molecule has 1 amide bonds. The van der Waals surface area contributed by atoms with Gasteiger partial charge in [0.15, 0.2) is 0 Å². The maximum Gasteiger partial charge on any atom is 0.228 e. The van der Waals surface area contributed by atoms with E-state index in [1.54, 1.807) is 6.07 Å². The smallest absolute Gasteiger partial charge is 0.228 e. The number of hydrogen-bond acceptors (Lipinski definition) is 3. The van der Waals surface area contributed by atoms with Gasteiger partial charge in [-0.1, -0.05) is 24.3 Å². The monoisotopic (exact) mass is 397 g/mol. The molecule has 0 radical (unpaired) electrons. The van der Waals surface area contributed by atoms with E-state index in [0.717, 1.165) is 41.7 Å². The maximum atomic E-state index is 12.5. The zero-order chi connectivity index (χ0) is 17.6. The van der Waals surface area contributed by atoms with Crippen LogP contribution in [0.3, 0.4) is 0 Å². The summed E-state index contributed by atoms with van der Waals surface area (Å²) >= 11 is 3.34. The Bertz CT molecular complexity index is 807. The van der Waals surface area contributed by atoms with Crippen LogP contribution in [0.1, 0.15) is 35.4 Å². The summed E-state index contributed by atoms with van der Waals surface area (Å²) in [7, 11) is 0. The topological polar surface area (TPSA) is 64.9 Å². The van der Waals surface area contributed by atoms with Crippen LogP contribution in [0.15, 0.2) is 46.9 Å². The van der Waals surface area contributed by atoms with E-state index in [-0.39, 0.29) is 12.3 Å². The Kier molecular flexibility index (Phi) is 5.85. The van der Waals surface area contributed by atoms with E-state index in [9.17, 15) is 4.79 Å². The van der Waals surface area contributed by atoms with Gasteiger partial charge in [-0.2, -0.15) is 5.26 Å². The number of nitrogens with one attached hydrogen (secondary N) is 2. The number of benzene rings is 2. The summed E-state index contributed by atoms with van der Waals surface area (Å²) in [6.45, 7) is 2.03. The third-order valence-electron chi connectivity index (χ3n) is 4.53. The standard InChI is InChI=1S/C20H20BrN3O/c21-18-6-5-14(11-16(18)13-22)12-20(25)24-19-4-2-1-3-17(19)15-7-9-23-10-8-15/h1-6,11,15,23H,7-10,12H2,(H,24,25). The second-order valence-corrected chi connectivity index (χ2v) is 7.12. The molecule has 0 unspecified atom stereocenters. The largest absolute Gasteiger partial charge is 0.326 e. The first-order chi connectivity index (χ1) is 12.2. The molecule has 1 aliphatic heterocycles. The molecule has 5 heteroatoms. The molecule has 0 aliphatic carbocycles. The van der Waals surface area contributed by atoms with Gasteiger partial charge >= 0.3 is 0 Å². The van der Waals surface area contributed by atoms with Crippen molar-refractivity contribution in [2.24, 2.45) is 0 Å². The van der Waals surface area contributed by atoms with E-state index >= 15 is 0 Å². The first kappa shape index (κ1) is 17.7. The van der Waals surface area contributed by atoms with Gasteiger partial charge in [-0.3, -0.25) is 4.79 Å². The third kappa shape index (κ3) is 4.47. The Labute approximate surface area is 156 Å². The fourth-order valence-corrected chi connectivity index (χ4v) is 3.58. The summed E-state index contributed by atoms with van der Waals surface area (Å²) < 4.78 is 0.746. The molecule has 4 nitrogen and oxygen atoms in total. The van der Waals surface area contributed by atoms with Crippen LogP contribution >= 0.6 is 15.9 Å². The summed E-state index contributed by atoms with van der Waals surface area (Å²) in [5, 5.41) is 15.5. The summed E-state index contributed by atoms with van der Waals surface area (Å²) in [6, 6.07) is 15.6. The lowest BCUT2D eigenvalue weighted by atomic mass is 9.89. The van der Waals surface area contributed by atoms with Crippen molar-refractivity contribution in [3.05, 3.63) is 63.6 Å². The van der Waals surface area contributed by atoms with Gasteiger partial charge < -0.3 is 10.6 Å². The fourth-order valence-electron chi connectivity index (χ4n) is 3.25. The highest BCUT2D eigenvalue weighted by molar-refractivity contribution is 9.10. The molecule has 2 N–H and O–H groups in total. The molecule has 0 atom stereocenters. The molecule has 25 heavy (non-hydrogen) atoms. The van der Waals surface area contributed by atoms with Crippen LogP contribution in [-0.4, -0.2) is 19.0 Å². The van der Waals surface area contributed by atoms with Crippen molar-refractivity contribution in [3.63, 3.8) is 0 Å². The van der Waals surface area contributed by atoms with Gasteiger partial charge in [0.05, 0.1) is 12.0 Å². The van der Waals surface area contributed by atoms with Crippen molar-refractivity contribution in [3.8, 4) is 6.07 Å². The number of halogens is 1. The molecule has 2 aromatic rings. The number of rotatable bonds is 4. The summed E-state index contributed by atoms with van der Waals surface area (Å²) in [6.07, 6.45) is 2.43. The van der Waals surface area contributed by atoms with E-state index in [1.165, 1.54) is 5.56 Å². The minimum absolute atomic E-state index is 0.0624. The Balaban J connectivity index is 1.72. The molecule has 1 saturated heterocycles. The number of carbonyl (C=O) groups excluding carboxylic acids is 1. The molecule has 0 spiro atoms. The van der Waals surface area contributed by atoms with E-state index in [4.69, 9.17) is 5.26 Å². The zero-order valence-electron chi connectivity index (χ0n) is 13.9. The van der Waals surface area contributed by atoms with E-state index in [0.29, 0.717) is 11.5 Å². The third-order valence-corrected chi connectivity index (χ3v) is 5.22. The Morgan fingerprint density at radius 3 is 2.76 bits per heavy atom. The highest BCUT2D eigenvalue weighted by atomic mass is 79.9. The lowest BCUT2D eigenvalue weighted by Gasteiger charge is -2.25. The average Bonchev–Trinajstić information content (AvgIpc) is 2.64. The van der Waals surface area contributed by atoms with Gasteiger partial charge in [-0.25, -0.2) is 0 Å². The van der Waals surface area contributed by atoms with Crippen LogP contribution in [0.4, 0.5) is 5.69 Å². The van der Waals surface area contributed by atoms with E-state index < -0.39 is 0 Å². The van der Waals surface area contributed by atoms with Gasteiger partial charge in [-0.05, 0) is 77.1 Å². The molecule has 1 fully saturated rings. The molecule has 128 valence electrons. The normalized spacial score (nSPS) is 14.7. The number of amides is 1. The fraction of sp³-hybridized carbons (Fsp3) is 0.300. The van der Waals surface area contributed by atoms with Crippen molar-refractivity contribution in [1.82, 2.24) is 5.32 Å². The first-order valence-corrected chi connectivity index (χ1v) is 9.24. The van der Waals surface area contributed by atoms with Gasteiger partial charge in [0.2, 0.25) is 5.91 Å². The van der Waals surface area contributed by atoms with Crippen LogP contribution in [0.5, 0.6) is 0 Å². The van der Waals surface area contributed by atoms with Gasteiger partial charge in [0, 0.05) is 10.2 Å². The van der Waals surface area contributed by atoms with Gasteiger partial charge in [0.25, 0.3) is 0 Å². The van der Waals surface area contributed by atoms with Crippen molar-refractivity contribution < 1.29 is 4.79 Å². The lowest BCUT2D eigenvalue weighted by molar-refractivity contribution is -0.115. The second-order valence-electron chi connectivity index (χ2n) is 6.26. The van der Waals surface area contributed by atoms with Crippen LogP contribution in [0.25, 0.3) is 0 Å². The van der Waals surface area contributed by atoms with Crippen LogP contribution in [-0.2, 0) is 11.2 Å². The highest BCUT2D eigenvalue weighted by Crippen LogP contribution is 2.31.